The maximum Gasteiger partial charge on any atom is 0.335 e. The lowest BCUT2D eigenvalue weighted by Gasteiger charge is -2.02. The van der Waals surface area contributed by atoms with Gasteiger partial charge in [0, 0.05) is 17.2 Å². The molecule has 0 fully saturated rings. The summed E-state index contributed by atoms with van der Waals surface area (Å²) in [7, 11) is 0. The lowest BCUT2D eigenvalue weighted by Crippen LogP contribution is -1.95. The number of carbonyl (C=O) groups is 1. The number of carboxylic acids is 1. The molecule has 96 valence electrons. The van der Waals surface area contributed by atoms with Crippen LogP contribution < -0.4 is 0 Å². The smallest absolute Gasteiger partial charge is 0.335 e. The van der Waals surface area contributed by atoms with Crippen molar-refractivity contribution in [3.05, 3.63) is 58.3 Å². The Kier molecular flexibility index (Phi) is 3.76. The molecule has 0 amide bonds. The number of nitrogens with zero attached hydrogens (tertiary/aromatic N) is 2. The van der Waals surface area contributed by atoms with Crippen molar-refractivity contribution in [3.63, 3.8) is 0 Å². The molecule has 0 aliphatic heterocycles. The van der Waals surface area contributed by atoms with E-state index in [9.17, 15) is 14.9 Å². The number of hydrogen-bond acceptors (Lipinski definition) is 5. The zero-order chi connectivity index (χ0) is 13.8. The first kappa shape index (κ1) is 13.0. The second kappa shape index (κ2) is 5.49. The Morgan fingerprint density at radius 2 is 1.95 bits per heavy atom. The summed E-state index contributed by atoms with van der Waals surface area (Å²) in [6.45, 7) is 0. The first-order chi connectivity index (χ1) is 9.08. The van der Waals surface area contributed by atoms with Gasteiger partial charge in [-0.3, -0.25) is 10.1 Å². The van der Waals surface area contributed by atoms with E-state index in [1.807, 2.05) is 0 Å². The van der Waals surface area contributed by atoms with E-state index in [0.717, 1.165) is 11.8 Å². The fourth-order valence-electron chi connectivity index (χ4n) is 1.38. The standard InChI is InChI=1S/C12H8N2O4S/c15-12(16)8-3-5-9(6-4-8)19-11-10(14(17)18)2-1-7-13-11/h1-7H,(H,15,16). The van der Waals surface area contributed by atoms with Crippen LogP contribution in [0.1, 0.15) is 10.4 Å². The van der Waals surface area contributed by atoms with Crippen LogP contribution in [0.4, 0.5) is 5.69 Å². The van der Waals surface area contributed by atoms with Crippen LogP contribution in [0, 0.1) is 10.1 Å². The fourth-order valence-corrected chi connectivity index (χ4v) is 2.23. The molecule has 6 nitrogen and oxygen atoms in total. The van der Waals surface area contributed by atoms with Gasteiger partial charge in [-0.15, -0.1) is 0 Å². The molecule has 1 N–H and O–H groups in total. The Morgan fingerprint density at radius 3 is 2.53 bits per heavy atom. The monoisotopic (exact) mass is 276 g/mol. The number of carboxylic acid groups (broad SMARTS) is 1. The molecule has 19 heavy (non-hydrogen) atoms. The predicted octanol–water partition coefficient (Wildman–Crippen LogP) is 2.84. The second-order valence-corrected chi connectivity index (χ2v) is 4.58. The van der Waals surface area contributed by atoms with Gasteiger partial charge in [-0.25, -0.2) is 9.78 Å². The molecule has 0 aliphatic rings. The Bertz CT molecular complexity index is 628. The number of aromatic nitrogens is 1. The predicted molar refractivity (Wildman–Crippen MR) is 68.4 cm³/mol. The highest BCUT2D eigenvalue weighted by Crippen LogP contribution is 2.32. The number of aromatic carboxylic acids is 1. The van der Waals surface area contributed by atoms with Crippen LogP contribution in [-0.2, 0) is 0 Å². The molecule has 0 saturated carbocycles. The first-order valence-corrected chi connectivity index (χ1v) is 6.00. The van der Waals surface area contributed by atoms with E-state index in [4.69, 9.17) is 5.11 Å². The maximum atomic E-state index is 10.8. The van der Waals surface area contributed by atoms with E-state index >= 15 is 0 Å². The fraction of sp³-hybridized carbons (Fsp3) is 0. The van der Waals surface area contributed by atoms with Gasteiger partial charge in [0.25, 0.3) is 0 Å². The Hall–Kier alpha value is -2.41. The normalized spacial score (nSPS) is 10.1. The molecule has 0 saturated heterocycles. The number of rotatable bonds is 4. The number of benzene rings is 1. The summed E-state index contributed by atoms with van der Waals surface area (Å²) >= 11 is 1.12. The third-order valence-electron chi connectivity index (χ3n) is 2.26. The van der Waals surface area contributed by atoms with Crippen molar-refractivity contribution in [2.24, 2.45) is 0 Å². The van der Waals surface area contributed by atoms with Crippen molar-refractivity contribution in [1.82, 2.24) is 4.98 Å². The number of pyridine rings is 1. The van der Waals surface area contributed by atoms with Gasteiger partial charge in [0.05, 0.1) is 10.5 Å². The Morgan fingerprint density at radius 1 is 1.26 bits per heavy atom. The highest BCUT2D eigenvalue weighted by atomic mass is 32.2. The quantitative estimate of drug-likeness (QED) is 0.681. The minimum absolute atomic E-state index is 0.0742. The average molecular weight is 276 g/mol. The number of hydrogen-bond donors (Lipinski definition) is 1. The van der Waals surface area contributed by atoms with E-state index in [-0.39, 0.29) is 16.3 Å². The van der Waals surface area contributed by atoms with Crippen LogP contribution in [0.15, 0.2) is 52.5 Å². The summed E-state index contributed by atoms with van der Waals surface area (Å²) in [6.07, 6.45) is 1.47. The molecule has 0 spiro atoms. The SMILES string of the molecule is O=C(O)c1ccc(Sc2ncccc2[N+](=O)[O-])cc1. The van der Waals surface area contributed by atoms with E-state index in [1.54, 1.807) is 12.1 Å². The third kappa shape index (κ3) is 3.08. The molecule has 0 radical (unpaired) electrons. The second-order valence-electron chi connectivity index (χ2n) is 3.52. The van der Waals surface area contributed by atoms with Crippen molar-refractivity contribution in [2.45, 2.75) is 9.92 Å². The molecule has 0 aliphatic carbocycles. The summed E-state index contributed by atoms with van der Waals surface area (Å²) in [6, 6.07) is 8.94. The number of nitro groups is 1. The van der Waals surface area contributed by atoms with Crippen molar-refractivity contribution in [1.29, 1.82) is 0 Å². The summed E-state index contributed by atoms with van der Waals surface area (Å²) in [5, 5.41) is 19.9. The lowest BCUT2D eigenvalue weighted by molar-refractivity contribution is -0.388. The Labute approximate surface area is 112 Å². The average Bonchev–Trinajstić information content (AvgIpc) is 2.39. The third-order valence-corrected chi connectivity index (χ3v) is 3.28. The molecule has 1 aromatic heterocycles. The van der Waals surface area contributed by atoms with E-state index in [1.165, 1.54) is 30.5 Å². The topological polar surface area (TPSA) is 93.3 Å². The van der Waals surface area contributed by atoms with E-state index in [0.29, 0.717) is 4.90 Å². The van der Waals surface area contributed by atoms with Crippen molar-refractivity contribution in [3.8, 4) is 0 Å². The van der Waals surface area contributed by atoms with Crippen LogP contribution in [0.3, 0.4) is 0 Å². The summed E-state index contributed by atoms with van der Waals surface area (Å²) in [5.41, 5.74) is 0.0923. The Balaban J connectivity index is 2.26. The van der Waals surface area contributed by atoms with Gasteiger partial charge in [0.2, 0.25) is 0 Å². The van der Waals surface area contributed by atoms with Gasteiger partial charge in [0.15, 0.2) is 5.03 Å². The van der Waals surface area contributed by atoms with Crippen LogP contribution >= 0.6 is 11.8 Å². The van der Waals surface area contributed by atoms with Crippen molar-refractivity contribution in [2.75, 3.05) is 0 Å². The molecule has 2 rings (SSSR count). The van der Waals surface area contributed by atoms with Gasteiger partial charge in [-0.1, -0.05) is 11.8 Å². The van der Waals surface area contributed by atoms with Gasteiger partial charge in [-0.2, -0.15) is 0 Å². The van der Waals surface area contributed by atoms with Gasteiger partial charge < -0.3 is 5.11 Å². The minimum atomic E-state index is -1.01. The minimum Gasteiger partial charge on any atom is -0.478 e. The highest BCUT2D eigenvalue weighted by Gasteiger charge is 2.15. The van der Waals surface area contributed by atoms with Crippen LogP contribution in [0.25, 0.3) is 0 Å². The summed E-state index contributed by atoms with van der Waals surface area (Å²) < 4.78 is 0. The van der Waals surface area contributed by atoms with Crippen LogP contribution in [0.5, 0.6) is 0 Å². The van der Waals surface area contributed by atoms with E-state index in [2.05, 4.69) is 4.98 Å². The van der Waals surface area contributed by atoms with Crippen LogP contribution in [-0.4, -0.2) is 21.0 Å². The molecule has 0 bridgehead atoms. The molecule has 1 heterocycles. The molecule has 1 aromatic carbocycles. The first-order valence-electron chi connectivity index (χ1n) is 5.18. The molecule has 2 aromatic rings. The molecule has 7 heteroatoms. The molecular weight excluding hydrogens is 268 g/mol. The van der Waals surface area contributed by atoms with Crippen LogP contribution in [0.2, 0.25) is 0 Å². The van der Waals surface area contributed by atoms with Gasteiger partial charge in [0.1, 0.15) is 0 Å². The van der Waals surface area contributed by atoms with Crippen molar-refractivity contribution < 1.29 is 14.8 Å². The maximum absolute atomic E-state index is 10.8. The zero-order valence-corrected chi connectivity index (χ0v) is 10.3. The highest BCUT2D eigenvalue weighted by molar-refractivity contribution is 7.99. The summed E-state index contributed by atoms with van der Waals surface area (Å²) in [4.78, 5) is 25.7. The largest absolute Gasteiger partial charge is 0.478 e. The van der Waals surface area contributed by atoms with Gasteiger partial charge in [-0.05, 0) is 30.3 Å². The summed E-state index contributed by atoms with van der Waals surface area (Å²) in [5.74, 6) is -1.01. The zero-order valence-electron chi connectivity index (χ0n) is 9.52. The molecule has 0 atom stereocenters. The van der Waals surface area contributed by atoms with Gasteiger partial charge >= 0.3 is 11.7 Å². The van der Waals surface area contributed by atoms with E-state index < -0.39 is 10.9 Å². The lowest BCUT2D eigenvalue weighted by atomic mass is 10.2. The molecular formula is C12H8N2O4S. The molecule has 0 unspecified atom stereocenters. The van der Waals surface area contributed by atoms with Crippen molar-refractivity contribution >= 4 is 23.4 Å².